The number of ether oxygens (including phenoxy) is 2. The summed E-state index contributed by atoms with van der Waals surface area (Å²) < 4.78 is 10.9. The van der Waals surface area contributed by atoms with E-state index >= 15 is 0 Å². The predicted octanol–water partition coefficient (Wildman–Crippen LogP) is 4.34. The molecule has 3 saturated heterocycles. The molecule has 0 saturated carbocycles. The number of amides is 1. The zero-order valence-corrected chi connectivity index (χ0v) is 25.1. The molecule has 1 amide bonds. The van der Waals surface area contributed by atoms with E-state index in [2.05, 4.69) is 33.1 Å². The van der Waals surface area contributed by atoms with Crippen LogP contribution in [-0.4, -0.2) is 86.2 Å². The summed E-state index contributed by atoms with van der Waals surface area (Å²) in [7, 11) is 1.76. The van der Waals surface area contributed by atoms with E-state index in [1.54, 1.807) is 18.4 Å². The van der Waals surface area contributed by atoms with E-state index in [9.17, 15) is 9.90 Å². The SMILES string of the molecule is C=C(Nc1ccc(CN2CCC[C@@H]2COC)cc1C(=O)NC1CCOCC1)c1csc(N2CCC(CCO)CC2)n1. The van der Waals surface area contributed by atoms with Gasteiger partial charge in [-0.05, 0) is 75.1 Å². The van der Waals surface area contributed by atoms with Gasteiger partial charge >= 0.3 is 0 Å². The number of nitrogens with zero attached hydrogens (tertiary/aromatic N) is 3. The summed E-state index contributed by atoms with van der Waals surface area (Å²) in [5.41, 5.74) is 3.94. The van der Waals surface area contributed by atoms with Crippen LogP contribution in [0.4, 0.5) is 10.8 Å². The Morgan fingerprint density at radius 3 is 2.76 bits per heavy atom. The third-order valence-electron chi connectivity index (χ3n) is 8.64. The molecule has 224 valence electrons. The molecule has 0 aliphatic carbocycles. The Kier molecular flexibility index (Phi) is 10.7. The maximum atomic E-state index is 13.6. The molecule has 10 heteroatoms. The van der Waals surface area contributed by atoms with E-state index < -0.39 is 0 Å². The topological polar surface area (TPSA) is 99.2 Å². The standard InChI is InChI=1S/C31H45N5O4S/c1-22(29-21-41-31(34-29)35-13-7-23(8-14-35)9-15-37)32-28-6-5-24(19-36-12-3-4-26(36)20-39-2)18-27(28)30(38)33-25-10-16-40-17-11-25/h5-6,18,21,23,25-26,32,37H,1,3-4,7-17,19-20H2,2H3,(H,33,38)/t26-/m1/s1. The molecule has 0 radical (unpaired) electrons. The second-order valence-corrected chi connectivity index (χ2v) is 12.4. The highest BCUT2D eigenvalue weighted by molar-refractivity contribution is 7.13. The highest BCUT2D eigenvalue weighted by Gasteiger charge is 2.26. The van der Waals surface area contributed by atoms with Crippen molar-refractivity contribution < 1.29 is 19.4 Å². The van der Waals surface area contributed by atoms with E-state index in [0.717, 1.165) is 93.4 Å². The Balaban J connectivity index is 1.29. The summed E-state index contributed by atoms with van der Waals surface area (Å²) >= 11 is 1.63. The number of hydrogen-bond donors (Lipinski definition) is 3. The number of hydrogen-bond acceptors (Lipinski definition) is 9. The minimum atomic E-state index is -0.0753. The van der Waals surface area contributed by atoms with Gasteiger partial charge in [0.1, 0.15) is 0 Å². The first-order valence-corrected chi connectivity index (χ1v) is 15.9. The molecule has 1 aromatic heterocycles. The second kappa shape index (κ2) is 14.6. The average molecular weight is 584 g/mol. The first kappa shape index (κ1) is 30.0. The Morgan fingerprint density at radius 1 is 1.20 bits per heavy atom. The molecule has 1 aromatic carbocycles. The number of aliphatic hydroxyl groups is 1. The lowest BCUT2D eigenvalue weighted by Crippen LogP contribution is -2.39. The van der Waals surface area contributed by atoms with Crippen LogP contribution in [0.5, 0.6) is 0 Å². The van der Waals surface area contributed by atoms with Crippen LogP contribution in [0.1, 0.15) is 66.6 Å². The summed E-state index contributed by atoms with van der Waals surface area (Å²) in [5, 5.41) is 18.9. The zero-order chi connectivity index (χ0) is 28.6. The van der Waals surface area contributed by atoms with Gasteiger partial charge < -0.3 is 30.1 Å². The number of likely N-dealkylation sites (tertiary alicyclic amines) is 1. The van der Waals surface area contributed by atoms with Gasteiger partial charge in [0.2, 0.25) is 0 Å². The third-order valence-corrected chi connectivity index (χ3v) is 9.54. The van der Waals surface area contributed by atoms with E-state index in [0.29, 0.717) is 36.4 Å². The normalized spacial score (nSPS) is 20.8. The Morgan fingerprint density at radius 2 is 2.00 bits per heavy atom. The molecule has 0 unspecified atom stereocenters. The maximum absolute atomic E-state index is 13.6. The fourth-order valence-electron chi connectivity index (χ4n) is 6.18. The molecule has 3 fully saturated rings. The molecule has 1 atom stereocenters. The van der Waals surface area contributed by atoms with Crippen LogP contribution in [0, 0.1) is 5.92 Å². The van der Waals surface area contributed by atoms with Crippen LogP contribution in [0.2, 0.25) is 0 Å². The van der Waals surface area contributed by atoms with Gasteiger partial charge in [-0.1, -0.05) is 12.6 Å². The Labute approximate surface area is 247 Å². The number of anilines is 2. The first-order valence-electron chi connectivity index (χ1n) is 15.1. The lowest BCUT2D eigenvalue weighted by Gasteiger charge is -2.31. The highest BCUT2D eigenvalue weighted by Crippen LogP contribution is 2.31. The van der Waals surface area contributed by atoms with Crippen LogP contribution < -0.4 is 15.5 Å². The second-order valence-electron chi connectivity index (χ2n) is 11.5. The van der Waals surface area contributed by atoms with Gasteiger partial charge in [-0.15, -0.1) is 11.3 Å². The number of benzene rings is 1. The lowest BCUT2D eigenvalue weighted by atomic mass is 9.94. The molecule has 41 heavy (non-hydrogen) atoms. The molecule has 5 rings (SSSR count). The summed E-state index contributed by atoms with van der Waals surface area (Å²) in [6.45, 7) is 10.4. The van der Waals surface area contributed by atoms with Crippen molar-refractivity contribution >= 4 is 33.8 Å². The van der Waals surface area contributed by atoms with Gasteiger partial charge in [0.15, 0.2) is 5.13 Å². The molecule has 3 aliphatic rings. The number of nitrogens with one attached hydrogen (secondary N) is 2. The number of aliphatic hydroxyl groups excluding tert-OH is 1. The van der Waals surface area contributed by atoms with Crippen LogP contribution in [0.25, 0.3) is 5.70 Å². The smallest absolute Gasteiger partial charge is 0.253 e. The Hall–Kier alpha value is -2.50. The fraction of sp³-hybridized carbons (Fsp3) is 0.613. The Bertz CT molecular complexity index is 1160. The molecular formula is C31H45N5O4S. The van der Waals surface area contributed by atoms with E-state index in [-0.39, 0.29) is 18.6 Å². The minimum absolute atomic E-state index is 0.0753. The van der Waals surface area contributed by atoms with Crippen molar-refractivity contribution in [2.45, 2.75) is 63.6 Å². The van der Waals surface area contributed by atoms with Gasteiger partial charge in [-0.25, -0.2) is 4.98 Å². The summed E-state index contributed by atoms with van der Waals surface area (Å²) in [6.07, 6.45) is 7.00. The largest absolute Gasteiger partial charge is 0.396 e. The van der Waals surface area contributed by atoms with Crippen LogP contribution in [-0.2, 0) is 16.0 Å². The van der Waals surface area contributed by atoms with Crippen LogP contribution in [0.15, 0.2) is 30.2 Å². The summed E-state index contributed by atoms with van der Waals surface area (Å²) in [4.78, 5) is 23.3. The quantitative estimate of drug-likeness (QED) is 0.339. The predicted molar refractivity (Wildman–Crippen MR) is 164 cm³/mol. The van der Waals surface area contributed by atoms with E-state index in [1.165, 1.54) is 6.42 Å². The van der Waals surface area contributed by atoms with Crippen molar-refractivity contribution in [3.63, 3.8) is 0 Å². The van der Waals surface area contributed by atoms with Crippen molar-refractivity contribution in [2.24, 2.45) is 5.92 Å². The molecule has 2 aromatic rings. The van der Waals surface area contributed by atoms with Crippen molar-refractivity contribution in [3.8, 4) is 0 Å². The summed E-state index contributed by atoms with van der Waals surface area (Å²) in [5.74, 6) is 0.519. The molecule has 0 bridgehead atoms. The zero-order valence-electron chi connectivity index (χ0n) is 24.3. The number of carbonyl (C=O) groups is 1. The van der Waals surface area contributed by atoms with Gasteiger partial charge in [0, 0.05) is 64.0 Å². The molecule has 3 N–H and O–H groups in total. The van der Waals surface area contributed by atoms with Gasteiger partial charge in [-0.3, -0.25) is 9.69 Å². The van der Waals surface area contributed by atoms with Crippen molar-refractivity contribution in [1.82, 2.24) is 15.2 Å². The van der Waals surface area contributed by atoms with Gasteiger partial charge in [0.25, 0.3) is 5.91 Å². The van der Waals surface area contributed by atoms with Crippen molar-refractivity contribution in [1.29, 1.82) is 0 Å². The van der Waals surface area contributed by atoms with Gasteiger partial charge in [0.05, 0.1) is 29.2 Å². The van der Waals surface area contributed by atoms with Crippen LogP contribution >= 0.6 is 11.3 Å². The number of thiazole rings is 1. The highest BCUT2D eigenvalue weighted by atomic mass is 32.1. The average Bonchev–Trinajstić information content (AvgIpc) is 3.65. The van der Waals surface area contributed by atoms with Crippen molar-refractivity contribution in [3.05, 3.63) is 47.0 Å². The van der Waals surface area contributed by atoms with E-state index in [1.807, 2.05) is 17.5 Å². The summed E-state index contributed by atoms with van der Waals surface area (Å²) in [6, 6.07) is 6.65. The first-order chi connectivity index (χ1) is 20.0. The molecule has 0 spiro atoms. The molecule has 3 aliphatic heterocycles. The monoisotopic (exact) mass is 583 g/mol. The number of aromatic nitrogens is 1. The number of carbonyl (C=O) groups excluding carboxylic acids is 1. The third kappa shape index (κ3) is 7.87. The van der Waals surface area contributed by atoms with Gasteiger partial charge in [-0.2, -0.15) is 0 Å². The maximum Gasteiger partial charge on any atom is 0.253 e. The molecule has 9 nitrogen and oxygen atoms in total. The van der Waals surface area contributed by atoms with Crippen molar-refractivity contribution in [2.75, 3.05) is 63.4 Å². The number of piperidine rings is 1. The fourth-order valence-corrected chi connectivity index (χ4v) is 7.08. The molecule has 4 heterocycles. The number of methoxy groups -OCH3 is 1. The molecular weight excluding hydrogens is 538 g/mol. The lowest BCUT2D eigenvalue weighted by molar-refractivity contribution is 0.0696. The minimum Gasteiger partial charge on any atom is -0.396 e. The van der Waals surface area contributed by atoms with Crippen LogP contribution in [0.3, 0.4) is 0 Å². The number of rotatable bonds is 12. The van der Waals surface area contributed by atoms with E-state index in [4.69, 9.17) is 14.5 Å².